The number of nitrogens with zero attached hydrogens (tertiary/aromatic N) is 2. The Balaban J connectivity index is 1.67. The number of amides is 1. The number of piperidine rings is 4. The van der Waals surface area contributed by atoms with Crippen LogP contribution in [0.1, 0.15) is 32.6 Å². The highest BCUT2D eigenvalue weighted by Gasteiger charge is 2.47. The lowest BCUT2D eigenvalue weighted by Gasteiger charge is -2.57. The monoisotopic (exact) mass is 251 g/mol. The fraction of sp³-hybridized carbons (Fsp3) is 0.929. The van der Waals surface area contributed by atoms with Crippen molar-refractivity contribution < 1.29 is 4.79 Å². The van der Waals surface area contributed by atoms with Crippen molar-refractivity contribution in [3.05, 3.63) is 0 Å². The van der Waals surface area contributed by atoms with E-state index in [1.165, 1.54) is 32.5 Å². The zero-order valence-corrected chi connectivity index (χ0v) is 11.4. The lowest BCUT2D eigenvalue weighted by Crippen LogP contribution is -2.66. The first-order valence-electron chi connectivity index (χ1n) is 7.36. The summed E-state index contributed by atoms with van der Waals surface area (Å²) >= 11 is 0. The fourth-order valence-electron chi connectivity index (χ4n) is 4.33. The Hall–Kier alpha value is -0.610. The van der Waals surface area contributed by atoms with Gasteiger partial charge in [-0.25, -0.2) is 0 Å². The van der Waals surface area contributed by atoms with Crippen LogP contribution in [0.3, 0.4) is 0 Å². The van der Waals surface area contributed by atoms with Crippen molar-refractivity contribution in [2.24, 2.45) is 17.6 Å². The molecule has 0 aromatic heterocycles. The molecule has 0 aliphatic carbocycles. The molecule has 0 aromatic carbocycles. The lowest BCUT2D eigenvalue weighted by atomic mass is 9.72. The highest BCUT2D eigenvalue weighted by molar-refractivity contribution is 5.76. The number of hydrogen-bond donors (Lipinski definition) is 1. The summed E-state index contributed by atoms with van der Waals surface area (Å²) in [4.78, 5) is 16.5. The van der Waals surface area contributed by atoms with Gasteiger partial charge in [0.05, 0.1) is 0 Å². The largest absolute Gasteiger partial charge is 0.369 e. The van der Waals surface area contributed by atoms with Crippen LogP contribution in [-0.2, 0) is 4.79 Å². The van der Waals surface area contributed by atoms with E-state index < -0.39 is 0 Å². The normalized spacial score (nSPS) is 42.1. The molecule has 4 saturated heterocycles. The predicted molar refractivity (Wildman–Crippen MR) is 71.1 cm³/mol. The van der Waals surface area contributed by atoms with Crippen molar-refractivity contribution in [2.75, 3.05) is 32.7 Å². The van der Waals surface area contributed by atoms with Gasteiger partial charge >= 0.3 is 0 Å². The molecular weight excluding hydrogens is 226 g/mol. The van der Waals surface area contributed by atoms with Crippen molar-refractivity contribution in [3.8, 4) is 0 Å². The molecule has 102 valence electrons. The molecular formula is C14H25N3O. The van der Waals surface area contributed by atoms with Gasteiger partial charge in [0.2, 0.25) is 5.91 Å². The minimum absolute atomic E-state index is 0.103. The Bertz CT molecular complexity index is 330. The van der Waals surface area contributed by atoms with Gasteiger partial charge in [-0.2, -0.15) is 0 Å². The molecule has 0 aromatic rings. The molecule has 4 heteroatoms. The number of carbonyl (C=O) groups excluding carboxylic acids is 1. The van der Waals surface area contributed by atoms with Crippen LogP contribution >= 0.6 is 0 Å². The van der Waals surface area contributed by atoms with Crippen molar-refractivity contribution >= 4 is 5.91 Å². The summed E-state index contributed by atoms with van der Waals surface area (Å²) in [5.74, 6) is 0.868. The third kappa shape index (κ3) is 1.95. The van der Waals surface area contributed by atoms with Crippen LogP contribution in [0, 0.1) is 11.8 Å². The molecule has 1 atom stereocenters. The summed E-state index contributed by atoms with van der Waals surface area (Å²) in [5.41, 5.74) is 5.77. The molecule has 1 unspecified atom stereocenters. The molecule has 4 aliphatic rings. The third-order valence-electron chi connectivity index (χ3n) is 5.63. The van der Waals surface area contributed by atoms with Crippen LogP contribution < -0.4 is 5.73 Å². The molecule has 4 aliphatic heterocycles. The molecule has 4 fully saturated rings. The van der Waals surface area contributed by atoms with Gasteiger partial charge in [0.25, 0.3) is 0 Å². The van der Waals surface area contributed by atoms with Gasteiger partial charge in [0, 0.05) is 18.0 Å². The van der Waals surface area contributed by atoms with E-state index in [0.29, 0.717) is 5.54 Å². The number of hydrogen-bond acceptors (Lipinski definition) is 3. The van der Waals surface area contributed by atoms with E-state index in [1.807, 2.05) is 0 Å². The average Bonchev–Trinajstić information content (AvgIpc) is 2.40. The van der Waals surface area contributed by atoms with Crippen LogP contribution in [-0.4, -0.2) is 54.0 Å². The Morgan fingerprint density at radius 2 is 1.72 bits per heavy atom. The zero-order chi connectivity index (χ0) is 12.8. The average molecular weight is 251 g/mol. The Morgan fingerprint density at radius 3 is 2.17 bits per heavy atom. The quantitative estimate of drug-likeness (QED) is 0.784. The minimum Gasteiger partial charge on any atom is -0.369 e. The first-order valence-corrected chi connectivity index (χ1v) is 7.36. The summed E-state index contributed by atoms with van der Waals surface area (Å²) in [6.45, 7) is 8.34. The highest BCUT2D eigenvalue weighted by Crippen LogP contribution is 2.40. The van der Waals surface area contributed by atoms with Crippen LogP contribution in [0.25, 0.3) is 0 Å². The van der Waals surface area contributed by atoms with E-state index in [9.17, 15) is 4.79 Å². The van der Waals surface area contributed by atoms with Crippen molar-refractivity contribution in [1.82, 2.24) is 9.80 Å². The van der Waals surface area contributed by atoms with Crippen LogP contribution in [0.2, 0.25) is 0 Å². The van der Waals surface area contributed by atoms with E-state index in [2.05, 4.69) is 16.7 Å². The van der Waals surface area contributed by atoms with E-state index in [0.717, 1.165) is 31.8 Å². The number of likely N-dealkylation sites (tertiary alicyclic amines) is 1. The van der Waals surface area contributed by atoms with Crippen LogP contribution in [0.15, 0.2) is 0 Å². The van der Waals surface area contributed by atoms with Crippen molar-refractivity contribution in [3.63, 3.8) is 0 Å². The lowest BCUT2D eigenvalue weighted by molar-refractivity contribution is -0.125. The fourth-order valence-corrected chi connectivity index (χ4v) is 4.33. The first-order chi connectivity index (χ1) is 8.59. The number of carbonyl (C=O) groups is 1. The van der Waals surface area contributed by atoms with Crippen LogP contribution in [0.4, 0.5) is 0 Å². The van der Waals surface area contributed by atoms with E-state index in [1.54, 1.807) is 0 Å². The minimum atomic E-state index is -0.103. The molecule has 0 saturated carbocycles. The molecule has 0 radical (unpaired) electrons. The molecule has 0 spiro atoms. The zero-order valence-electron chi connectivity index (χ0n) is 11.4. The second-order valence-electron chi connectivity index (χ2n) is 6.57. The SMILES string of the molecule is CC1(N2CCC(C(N)=O)CC2)CN2CCC1CC2. The van der Waals surface area contributed by atoms with E-state index >= 15 is 0 Å². The second kappa shape index (κ2) is 4.49. The van der Waals surface area contributed by atoms with Gasteiger partial charge in [-0.15, -0.1) is 0 Å². The predicted octanol–water partition coefficient (Wildman–Crippen LogP) is 0.668. The van der Waals surface area contributed by atoms with Gasteiger partial charge in [-0.05, 0) is 64.7 Å². The number of fused-ring (bicyclic) bond motifs is 3. The molecule has 1 amide bonds. The Labute approximate surface area is 109 Å². The summed E-state index contributed by atoms with van der Waals surface area (Å²) in [7, 11) is 0. The van der Waals surface area contributed by atoms with Gasteiger partial charge in [-0.3, -0.25) is 9.69 Å². The maximum absolute atomic E-state index is 11.2. The van der Waals surface area contributed by atoms with Gasteiger partial charge in [0.15, 0.2) is 0 Å². The maximum Gasteiger partial charge on any atom is 0.220 e. The summed E-state index contributed by atoms with van der Waals surface area (Å²) in [5, 5.41) is 0. The van der Waals surface area contributed by atoms with E-state index in [-0.39, 0.29) is 11.8 Å². The van der Waals surface area contributed by atoms with Crippen molar-refractivity contribution in [2.45, 2.75) is 38.1 Å². The smallest absolute Gasteiger partial charge is 0.220 e. The third-order valence-corrected chi connectivity index (χ3v) is 5.63. The number of nitrogens with two attached hydrogens (primary N) is 1. The topological polar surface area (TPSA) is 49.6 Å². The van der Waals surface area contributed by atoms with Gasteiger partial charge in [0.1, 0.15) is 0 Å². The van der Waals surface area contributed by atoms with E-state index in [4.69, 9.17) is 5.73 Å². The summed E-state index contributed by atoms with van der Waals surface area (Å²) in [6.07, 6.45) is 4.62. The van der Waals surface area contributed by atoms with Crippen molar-refractivity contribution in [1.29, 1.82) is 0 Å². The molecule has 2 N–H and O–H groups in total. The molecule has 2 bridgehead atoms. The van der Waals surface area contributed by atoms with Crippen LogP contribution in [0.5, 0.6) is 0 Å². The molecule has 4 nitrogen and oxygen atoms in total. The molecule has 18 heavy (non-hydrogen) atoms. The summed E-state index contributed by atoms with van der Waals surface area (Å²) in [6, 6.07) is 0. The summed E-state index contributed by atoms with van der Waals surface area (Å²) < 4.78 is 0. The number of primary amides is 1. The molecule has 4 heterocycles. The Kier molecular flexibility index (Phi) is 3.10. The number of rotatable bonds is 2. The second-order valence-corrected chi connectivity index (χ2v) is 6.57. The molecule has 4 rings (SSSR count). The standard InChI is InChI=1S/C14H25N3O/c1-14(10-16-6-4-12(14)5-7-16)17-8-2-11(3-9-17)13(15)18/h11-12H,2-10H2,1H3,(H2,15,18). The highest BCUT2D eigenvalue weighted by atomic mass is 16.1. The first kappa shape index (κ1) is 12.4. The van der Waals surface area contributed by atoms with Gasteiger partial charge < -0.3 is 10.6 Å². The maximum atomic E-state index is 11.2. The Morgan fingerprint density at radius 1 is 1.11 bits per heavy atom. The van der Waals surface area contributed by atoms with Gasteiger partial charge in [-0.1, -0.05) is 0 Å².